The number of carbonyl (C=O) groups is 1. The van der Waals surface area contributed by atoms with Crippen molar-refractivity contribution < 1.29 is 4.79 Å². The number of aromatic nitrogens is 3. The molecule has 7 nitrogen and oxygen atoms in total. The zero-order valence-corrected chi connectivity index (χ0v) is 11.0. The van der Waals surface area contributed by atoms with Crippen molar-refractivity contribution in [2.75, 3.05) is 13.1 Å². The highest BCUT2D eigenvalue weighted by Gasteiger charge is 2.20. The predicted octanol–water partition coefficient (Wildman–Crippen LogP) is -0.142. The molecular weight excluding hydrogens is 260 g/mol. The van der Waals surface area contributed by atoms with Gasteiger partial charge in [-0.1, -0.05) is 0 Å². The van der Waals surface area contributed by atoms with Crippen molar-refractivity contribution in [2.45, 2.75) is 12.8 Å². The summed E-state index contributed by atoms with van der Waals surface area (Å²) in [6.07, 6.45) is 3.42. The SMILES string of the molecule is Cn1c(=O)[nH]c(=O)c2cc(C(=O)N3CCCC3)cnc21. The van der Waals surface area contributed by atoms with Gasteiger partial charge in [0.15, 0.2) is 0 Å². The van der Waals surface area contributed by atoms with Crippen LogP contribution < -0.4 is 11.2 Å². The molecule has 0 aliphatic carbocycles. The molecule has 2 aromatic rings. The third-order valence-electron chi connectivity index (χ3n) is 3.59. The second kappa shape index (κ2) is 4.59. The molecule has 3 heterocycles. The van der Waals surface area contributed by atoms with E-state index < -0.39 is 11.2 Å². The van der Waals surface area contributed by atoms with Crippen LogP contribution in [-0.4, -0.2) is 38.4 Å². The van der Waals surface area contributed by atoms with Crippen LogP contribution in [0.1, 0.15) is 23.2 Å². The molecule has 0 atom stereocenters. The van der Waals surface area contributed by atoms with Crippen LogP contribution in [0.5, 0.6) is 0 Å². The largest absolute Gasteiger partial charge is 0.339 e. The lowest BCUT2D eigenvalue weighted by Crippen LogP contribution is -2.30. The second-order valence-electron chi connectivity index (χ2n) is 4.91. The number of likely N-dealkylation sites (tertiary alicyclic amines) is 1. The van der Waals surface area contributed by atoms with Crippen LogP contribution in [0.2, 0.25) is 0 Å². The van der Waals surface area contributed by atoms with E-state index in [9.17, 15) is 14.4 Å². The molecule has 0 aromatic carbocycles. The molecule has 0 radical (unpaired) electrons. The van der Waals surface area contributed by atoms with Crippen molar-refractivity contribution in [3.63, 3.8) is 0 Å². The van der Waals surface area contributed by atoms with Crippen LogP contribution in [-0.2, 0) is 7.05 Å². The number of nitrogens with zero attached hydrogens (tertiary/aromatic N) is 3. The number of hydrogen-bond acceptors (Lipinski definition) is 4. The van der Waals surface area contributed by atoms with Gasteiger partial charge in [-0.05, 0) is 18.9 Å². The molecule has 2 aromatic heterocycles. The Kier molecular flexibility index (Phi) is 2.89. The van der Waals surface area contributed by atoms with Crippen LogP contribution in [0.25, 0.3) is 11.0 Å². The smallest absolute Gasteiger partial charge is 0.329 e. The molecule has 0 saturated carbocycles. The maximum Gasteiger partial charge on any atom is 0.329 e. The Balaban J connectivity index is 2.13. The van der Waals surface area contributed by atoms with E-state index >= 15 is 0 Å². The van der Waals surface area contributed by atoms with Crippen LogP contribution in [0, 0.1) is 0 Å². The molecule has 0 unspecified atom stereocenters. The fraction of sp³-hybridized carbons (Fsp3) is 0.385. The minimum atomic E-state index is -0.522. The molecule has 0 spiro atoms. The van der Waals surface area contributed by atoms with Gasteiger partial charge in [-0.3, -0.25) is 19.1 Å². The monoisotopic (exact) mass is 274 g/mol. The first-order valence-electron chi connectivity index (χ1n) is 6.46. The van der Waals surface area contributed by atoms with Gasteiger partial charge < -0.3 is 4.90 Å². The average Bonchev–Trinajstić information content (AvgIpc) is 2.98. The third-order valence-corrected chi connectivity index (χ3v) is 3.59. The average molecular weight is 274 g/mol. The Morgan fingerprint density at radius 3 is 2.70 bits per heavy atom. The topological polar surface area (TPSA) is 88.1 Å². The highest BCUT2D eigenvalue weighted by molar-refractivity contribution is 5.96. The lowest BCUT2D eigenvalue weighted by atomic mass is 10.2. The van der Waals surface area contributed by atoms with Crippen LogP contribution >= 0.6 is 0 Å². The van der Waals surface area contributed by atoms with E-state index in [4.69, 9.17) is 0 Å². The van der Waals surface area contributed by atoms with Gasteiger partial charge in [-0.15, -0.1) is 0 Å². The van der Waals surface area contributed by atoms with Crippen molar-refractivity contribution >= 4 is 16.9 Å². The van der Waals surface area contributed by atoms with Gasteiger partial charge >= 0.3 is 5.69 Å². The van der Waals surface area contributed by atoms with E-state index in [1.165, 1.54) is 23.9 Å². The Bertz CT molecular complexity index is 799. The highest BCUT2D eigenvalue weighted by Crippen LogP contribution is 2.14. The number of carbonyl (C=O) groups excluding carboxylic acids is 1. The molecular formula is C13H14N4O3. The van der Waals surface area contributed by atoms with Gasteiger partial charge in [0.05, 0.1) is 10.9 Å². The lowest BCUT2D eigenvalue weighted by Gasteiger charge is -2.15. The summed E-state index contributed by atoms with van der Waals surface area (Å²) in [7, 11) is 1.52. The van der Waals surface area contributed by atoms with E-state index in [0.717, 1.165) is 25.9 Å². The summed E-state index contributed by atoms with van der Waals surface area (Å²) in [5, 5.41) is 0.247. The molecule has 7 heteroatoms. The zero-order chi connectivity index (χ0) is 14.3. The number of hydrogen-bond donors (Lipinski definition) is 1. The normalized spacial score (nSPS) is 14.9. The van der Waals surface area contributed by atoms with Gasteiger partial charge in [-0.25, -0.2) is 9.78 Å². The Morgan fingerprint density at radius 2 is 2.00 bits per heavy atom. The zero-order valence-electron chi connectivity index (χ0n) is 11.0. The summed E-state index contributed by atoms with van der Waals surface area (Å²) >= 11 is 0. The number of H-pyrrole nitrogens is 1. The van der Waals surface area contributed by atoms with E-state index in [0.29, 0.717) is 5.56 Å². The molecule has 0 bridgehead atoms. The molecule has 1 saturated heterocycles. The van der Waals surface area contributed by atoms with Gasteiger partial charge in [0, 0.05) is 26.3 Å². The predicted molar refractivity (Wildman–Crippen MR) is 72.7 cm³/mol. The van der Waals surface area contributed by atoms with E-state index in [1.807, 2.05) is 0 Å². The number of amides is 1. The first-order valence-corrected chi connectivity index (χ1v) is 6.46. The number of rotatable bonds is 1. The molecule has 1 fully saturated rings. The molecule has 1 amide bonds. The fourth-order valence-electron chi connectivity index (χ4n) is 2.46. The summed E-state index contributed by atoms with van der Waals surface area (Å²) < 4.78 is 1.25. The Morgan fingerprint density at radius 1 is 1.30 bits per heavy atom. The van der Waals surface area contributed by atoms with Gasteiger partial charge in [0.1, 0.15) is 5.65 Å². The maximum atomic E-state index is 12.3. The number of aromatic amines is 1. The minimum absolute atomic E-state index is 0.120. The first kappa shape index (κ1) is 12.6. The van der Waals surface area contributed by atoms with Gasteiger partial charge in [0.2, 0.25) is 0 Å². The van der Waals surface area contributed by atoms with Gasteiger partial charge in [0.25, 0.3) is 11.5 Å². The van der Waals surface area contributed by atoms with Crippen molar-refractivity contribution in [2.24, 2.45) is 7.05 Å². The number of fused-ring (bicyclic) bond motifs is 1. The quantitative estimate of drug-likeness (QED) is 0.783. The Labute approximate surface area is 113 Å². The van der Waals surface area contributed by atoms with Crippen molar-refractivity contribution in [1.82, 2.24) is 19.4 Å². The highest BCUT2D eigenvalue weighted by atomic mass is 16.2. The van der Waals surface area contributed by atoms with E-state index in [1.54, 1.807) is 4.90 Å². The molecule has 1 N–H and O–H groups in total. The van der Waals surface area contributed by atoms with Crippen molar-refractivity contribution in [1.29, 1.82) is 0 Å². The van der Waals surface area contributed by atoms with Crippen molar-refractivity contribution in [3.8, 4) is 0 Å². The Hall–Kier alpha value is -2.44. The minimum Gasteiger partial charge on any atom is -0.339 e. The number of nitrogens with one attached hydrogen (secondary N) is 1. The molecule has 104 valence electrons. The summed E-state index contributed by atoms with van der Waals surface area (Å²) in [6.45, 7) is 1.47. The summed E-state index contributed by atoms with van der Waals surface area (Å²) in [4.78, 5) is 43.6. The summed E-state index contributed by atoms with van der Waals surface area (Å²) in [6, 6.07) is 1.50. The lowest BCUT2D eigenvalue weighted by molar-refractivity contribution is 0.0792. The van der Waals surface area contributed by atoms with Crippen LogP contribution in [0.15, 0.2) is 21.9 Å². The number of pyridine rings is 1. The van der Waals surface area contributed by atoms with Crippen LogP contribution in [0.4, 0.5) is 0 Å². The second-order valence-corrected chi connectivity index (χ2v) is 4.91. The standard InChI is InChI=1S/C13H14N4O3/c1-16-10-9(11(18)15-13(16)20)6-8(7-14-10)12(19)17-4-2-3-5-17/h6-7H,2-5H2,1H3,(H,15,18,20). The van der Waals surface area contributed by atoms with Crippen molar-refractivity contribution in [3.05, 3.63) is 38.7 Å². The van der Waals surface area contributed by atoms with E-state index in [2.05, 4.69) is 9.97 Å². The van der Waals surface area contributed by atoms with E-state index in [-0.39, 0.29) is 16.9 Å². The number of aryl methyl sites for hydroxylation is 1. The molecule has 1 aliphatic rings. The summed E-state index contributed by atoms with van der Waals surface area (Å²) in [5.41, 5.74) is -0.388. The van der Waals surface area contributed by atoms with Crippen LogP contribution in [0.3, 0.4) is 0 Å². The first-order chi connectivity index (χ1) is 9.58. The summed E-state index contributed by atoms with van der Waals surface area (Å²) in [5.74, 6) is -0.120. The van der Waals surface area contributed by atoms with Gasteiger partial charge in [-0.2, -0.15) is 0 Å². The fourth-order valence-corrected chi connectivity index (χ4v) is 2.46. The third kappa shape index (κ3) is 1.91. The molecule has 3 rings (SSSR count). The molecule has 20 heavy (non-hydrogen) atoms. The molecule has 1 aliphatic heterocycles. The maximum absolute atomic E-state index is 12.3.